The molecule has 1 unspecified atom stereocenters. The Kier molecular flexibility index (Phi) is 6.00. The number of hydrogen-bond acceptors (Lipinski definition) is 5. The zero-order chi connectivity index (χ0) is 15.1. The van der Waals surface area contributed by atoms with E-state index in [0.29, 0.717) is 24.9 Å². The topological polar surface area (TPSA) is 60.6 Å². The van der Waals surface area contributed by atoms with E-state index in [0.717, 1.165) is 25.3 Å². The van der Waals surface area contributed by atoms with Crippen LogP contribution in [0.25, 0.3) is 0 Å². The van der Waals surface area contributed by atoms with Gasteiger partial charge in [0.1, 0.15) is 18.5 Å². The van der Waals surface area contributed by atoms with Gasteiger partial charge >= 0.3 is 0 Å². The van der Waals surface area contributed by atoms with Crippen LogP contribution in [0.5, 0.6) is 5.75 Å². The third kappa shape index (κ3) is 5.01. The van der Waals surface area contributed by atoms with E-state index in [2.05, 4.69) is 35.6 Å². The summed E-state index contributed by atoms with van der Waals surface area (Å²) in [5, 5.41) is 0. The molecule has 0 aliphatic carbocycles. The smallest absolute Gasteiger partial charge is 0.138 e. The van der Waals surface area contributed by atoms with E-state index in [1.54, 1.807) is 12.4 Å². The molecule has 2 rings (SSSR count). The molecule has 0 saturated carbocycles. The molecule has 5 nitrogen and oxygen atoms in total. The largest absolute Gasteiger partial charge is 0.489 e. The van der Waals surface area contributed by atoms with Gasteiger partial charge in [0.2, 0.25) is 0 Å². The molecule has 0 amide bonds. The van der Waals surface area contributed by atoms with E-state index in [1.807, 2.05) is 6.07 Å². The normalized spacial score (nSPS) is 19.1. The monoisotopic (exact) mass is 289 g/mol. The minimum atomic E-state index is 0.0972. The SMILES string of the molecule is CC(C)N1CCOC(COc2cncc(C#CCN)c2)C1. The molecule has 1 aromatic heterocycles. The predicted molar refractivity (Wildman–Crippen MR) is 82.1 cm³/mol. The van der Waals surface area contributed by atoms with Gasteiger partial charge in [0.15, 0.2) is 0 Å². The van der Waals surface area contributed by atoms with E-state index in [9.17, 15) is 0 Å². The molecule has 2 heterocycles. The summed E-state index contributed by atoms with van der Waals surface area (Å²) >= 11 is 0. The van der Waals surface area contributed by atoms with Crippen LogP contribution in [-0.2, 0) is 4.74 Å². The van der Waals surface area contributed by atoms with Gasteiger partial charge in [-0.05, 0) is 19.9 Å². The Morgan fingerprint density at radius 2 is 2.38 bits per heavy atom. The quantitative estimate of drug-likeness (QED) is 0.834. The molecule has 21 heavy (non-hydrogen) atoms. The molecule has 2 N–H and O–H groups in total. The minimum absolute atomic E-state index is 0.0972. The van der Waals surface area contributed by atoms with Crippen LogP contribution in [0.15, 0.2) is 18.5 Å². The Hall–Kier alpha value is -1.61. The highest BCUT2D eigenvalue weighted by Gasteiger charge is 2.22. The molecule has 114 valence electrons. The van der Waals surface area contributed by atoms with Gasteiger partial charge in [0.05, 0.1) is 19.3 Å². The van der Waals surface area contributed by atoms with Crippen LogP contribution >= 0.6 is 0 Å². The van der Waals surface area contributed by atoms with Crippen LogP contribution in [-0.4, -0.2) is 54.9 Å². The first-order valence-corrected chi connectivity index (χ1v) is 7.31. The van der Waals surface area contributed by atoms with Gasteiger partial charge in [-0.3, -0.25) is 9.88 Å². The Balaban J connectivity index is 1.88. The zero-order valence-electron chi connectivity index (χ0n) is 12.7. The van der Waals surface area contributed by atoms with Crippen molar-refractivity contribution in [1.82, 2.24) is 9.88 Å². The minimum Gasteiger partial charge on any atom is -0.489 e. The maximum absolute atomic E-state index is 5.78. The summed E-state index contributed by atoms with van der Waals surface area (Å²) in [7, 11) is 0. The third-order valence-corrected chi connectivity index (χ3v) is 3.38. The van der Waals surface area contributed by atoms with Crippen LogP contribution in [0, 0.1) is 11.8 Å². The highest BCUT2D eigenvalue weighted by atomic mass is 16.5. The number of nitrogens with zero attached hydrogens (tertiary/aromatic N) is 2. The lowest BCUT2D eigenvalue weighted by atomic mass is 10.2. The molecular weight excluding hydrogens is 266 g/mol. The first kappa shape index (κ1) is 15.8. The van der Waals surface area contributed by atoms with Crippen molar-refractivity contribution in [3.8, 4) is 17.6 Å². The molecule has 0 spiro atoms. The number of pyridine rings is 1. The molecule has 1 aliphatic heterocycles. The average Bonchev–Trinajstić information content (AvgIpc) is 2.51. The molecule has 1 saturated heterocycles. The Bertz CT molecular complexity index is 508. The second-order valence-electron chi connectivity index (χ2n) is 5.31. The van der Waals surface area contributed by atoms with Gasteiger partial charge in [0, 0.05) is 30.9 Å². The molecule has 1 aromatic rings. The Morgan fingerprint density at radius 3 is 3.14 bits per heavy atom. The van der Waals surface area contributed by atoms with Crippen molar-refractivity contribution in [2.24, 2.45) is 5.73 Å². The van der Waals surface area contributed by atoms with Crippen molar-refractivity contribution in [1.29, 1.82) is 0 Å². The van der Waals surface area contributed by atoms with Crippen LogP contribution in [0.2, 0.25) is 0 Å². The number of nitrogens with two attached hydrogens (primary N) is 1. The highest BCUT2D eigenvalue weighted by molar-refractivity contribution is 5.36. The van der Waals surface area contributed by atoms with Gasteiger partial charge in [-0.15, -0.1) is 0 Å². The van der Waals surface area contributed by atoms with E-state index in [4.69, 9.17) is 15.2 Å². The molecule has 1 aliphatic rings. The maximum Gasteiger partial charge on any atom is 0.138 e. The van der Waals surface area contributed by atoms with Crippen molar-refractivity contribution in [2.45, 2.75) is 26.0 Å². The second kappa shape index (κ2) is 7.99. The van der Waals surface area contributed by atoms with Crippen molar-refractivity contribution < 1.29 is 9.47 Å². The van der Waals surface area contributed by atoms with Gasteiger partial charge in [-0.1, -0.05) is 11.8 Å². The van der Waals surface area contributed by atoms with Crippen LogP contribution in [0.3, 0.4) is 0 Å². The van der Waals surface area contributed by atoms with Crippen molar-refractivity contribution >= 4 is 0 Å². The summed E-state index contributed by atoms with van der Waals surface area (Å²) in [5.41, 5.74) is 6.17. The second-order valence-corrected chi connectivity index (χ2v) is 5.31. The lowest BCUT2D eigenvalue weighted by molar-refractivity contribution is -0.0564. The highest BCUT2D eigenvalue weighted by Crippen LogP contribution is 2.13. The van der Waals surface area contributed by atoms with Gasteiger partial charge in [-0.25, -0.2) is 0 Å². The Labute approximate surface area is 126 Å². The first-order valence-electron chi connectivity index (χ1n) is 7.31. The van der Waals surface area contributed by atoms with E-state index >= 15 is 0 Å². The summed E-state index contributed by atoms with van der Waals surface area (Å²) in [6.45, 7) is 7.91. The van der Waals surface area contributed by atoms with Crippen LogP contribution in [0.1, 0.15) is 19.4 Å². The predicted octanol–water partition coefficient (Wildman–Crippen LogP) is 0.880. The third-order valence-electron chi connectivity index (χ3n) is 3.38. The lowest BCUT2D eigenvalue weighted by Gasteiger charge is -2.35. The molecule has 0 aromatic carbocycles. The lowest BCUT2D eigenvalue weighted by Crippen LogP contribution is -2.47. The standard InChI is InChI=1S/C16H23N3O2/c1-13(2)19-6-7-20-16(11-19)12-21-15-8-14(4-3-5-17)9-18-10-15/h8-10,13,16H,5-7,11-12,17H2,1-2H3. The summed E-state index contributed by atoms with van der Waals surface area (Å²) in [5.74, 6) is 6.47. The van der Waals surface area contributed by atoms with E-state index in [-0.39, 0.29) is 6.10 Å². The van der Waals surface area contributed by atoms with Gasteiger partial charge < -0.3 is 15.2 Å². The molecular formula is C16H23N3O2. The fourth-order valence-electron chi connectivity index (χ4n) is 2.22. The van der Waals surface area contributed by atoms with Crippen molar-refractivity contribution in [3.63, 3.8) is 0 Å². The number of aromatic nitrogens is 1. The zero-order valence-corrected chi connectivity index (χ0v) is 12.7. The summed E-state index contributed by atoms with van der Waals surface area (Å²) in [6.07, 6.45) is 3.49. The van der Waals surface area contributed by atoms with E-state index in [1.165, 1.54) is 0 Å². The number of hydrogen-bond donors (Lipinski definition) is 1. The number of morpholine rings is 1. The van der Waals surface area contributed by atoms with Crippen LogP contribution < -0.4 is 10.5 Å². The van der Waals surface area contributed by atoms with Gasteiger partial charge in [-0.2, -0.15) is 0 Å². The van der Waals surface area contributed by atoms with Crippen molar-refractivity contribution in [3.05, 3.63) is 24.0 Å². The number of rotatable bonds is 4. The molecule has 1 atom stereocenters. The molecule has 0 radical (unpaired) electrons. The van der Waals surface area contributed by atoms with Crippen molar-refractivity contribution in [2.75, 3.05) is 32.8 Å². The maximum atomic E-state index is 5.78. The van der Waals surface area contributed by atoms with Crippen LogP contribution in [0.4, 0.5) is 0 Å². The number of ether oxygens (including phenoxy) is 2. The fraction of sp³-hybridized carbons (Fsp3) is 0.562. The molecule has 1 fully saturated rings. The Morgan fingerprint density at radius 1 is 1.52 bits per heavy atom. The summed E-state index contributed by atoms with van der Waals surface area (Å²) in [4.78, 5) is 6.53. The van der Waals surface area contributed by atoms with E-state index < -0.39 is 0 Å². The van der Waals surface area contributed by atoms with Gasteiger partial charge in [0.25, 0.3) is 0 Å². The first-order chi connectivity index (χ1) is 10.2. The summed E-state index contributed by atoms with van der Waals surface area (Å²) < 4.78 is 11.5. The summed E-state index contributed by atoms with van der Waals surface area (Å²) in [6, 6.07) is 2.41. The fourth-order valence-corrected chi connectivity index (χ4v) is 2.22. The molecule has 0 bridgehead atoms. The molecule has 5 heteroatoms. The average molecular weight is 289 g/mol.